The molecule has 2 nitrogen and oxygen atoms in total. The molecule has 0 heterocycles. The van der Waals surface area contributed by atoms with E-state index in [1.54, 1.807) is 12.1 Å². The second-order valence-electron chi connectivity index (χ2n) is 8.56. The van der Waals surface area contributed by atoms with E-state index in [4.69, 9.17) is 0 Å². The van der Waals surface area contributed by atoms with E-state index in [1.165, 1.54) is 6.07 Å². The Hall–Kier alpha value is -1.93. The maximum atomic E-state index is 13.9. The van der Waals surface area contributed by atoms with Crippen molar-refractivity contribution in [2.75, 3.05) is 0 Å². The normalized spacial score (nSPS) is 11.9. The number of aromatic hydroxyl groups is 1. The van der Waals surface area contributed by atoms with Gasteiger partial charge in [0.05, 0.1) is 0 Å². The molecule has 0 amide bonds. The Morgan fingerprint density at radius 3 is 1.77 bits per heavy atom. The van der Waals surface area contributed by atoms with E-state index < -0.39 is 34.8 Å². The molecule has 0 aliphatic carbocycles. The summed E-state index contributed by atoms with van der Waals surface area (Å²) in [4.78, 5) is 3.43. The monoisotopic (exact) mass is 565 g/mol. The van der Waals surface area contributed by atoms with Gasteiger partial charge in [0, 0.05) is 23.3 Å². The number of halogens is 7. The number of nitrogens with zero attached hydrogens (tertiary/aromatic N) is 1. The van der Waals surface area contributed by atoms with Crippen molar-refractivity contribution in [3.05, 3.63) is 93.8 Å². The molecular weight excluding hydrogens is 544 g/mol. The Morgan fingerprint density at radius 1 is 0.800 bits per heavy atom. The molecule has 1 N–H and O–H groups in total. The van der Waals surface area contributed by atoms with Crippen LogP contribution < -0.4 is 24.8 Å². The van der Waals surface area contributed by atoms with Gasteiger partial charge in [0.1, 0.15) is 11.4 Å². The summed E-state index contributed by atoms with van der Waals surface area (Å²) in [6.45, 7) is 8.19. The Balaban J connectivity index is 0.00000385. The first kappa shape index (κ1) is 33.1. The summed E-state index contributed by atoms with van der Waals surface area (Å²) in [7, 11) is 0. The number of para-hydroxylation sites is 1. The molecule has 3 aromatic carbocycles. The first-order valence-electron chi connectivity index (χ1n) is 9.91. The van der Waals surface area contributed by atoms with Gasteiger partial charge in [-0.3, -0.25) is 0 Å². The molecule has 1 atom stereocenters. The Bertz CT molecular complexity index is 1170. The molecule has 0 saturated heterocycles. The molecule has 0 spiro atoms. The van der Waals surface area contributed by atoms with Crippen LogP contribution in [-0.4, -0.2) is 11.3 Å². The van der Waals surface area contributed by atoms with E-state index in [-0.39, 0.29) is 69.2 Å². The zero-order valence-electron chi connectivity index (χ0n) is 19.2. The van der Waals surface area contributed by atoms with E-state index >= 15 is 0 Å². The smallest absolute Gasteiger partial charge is 1.00 e. The van der Waals surface area contributed by atoms with Crippen molar-refractivity contribution >= 4 is 11.9 Å². The zero-order chi connectivity index (χ0) is 23.8. The molecule has 185 valence electrons. The van der Waals surface area contributed by atoms with Gasteiger partial charge in [0.15, 0.2) is 23.3 Å². The van der Waals surface area contributed by atoms with E-state index in [9.17, 15) is 27.1 Å². The molecule has 10 heteroatoms. The molecule has 1 unspecified atom stereocenters. The minimum atomic E-state index is -2.25. The standard InChI is InChI=1S/C25H22F5NO.2ClH.Ti/c1-13(14-8-10-16(11-9-14)25(2,3)4)17-7-5-6-15(24(17)32)12-31-23-21(29)19(27)18(26)20(28)22(23)30;;;/h5-13,32H,1-4H3;2*1H;/q;;;+3/p-2. The zero-order valence-corrected chi connectivity index (χ0v) is 22.3. The molecule has 0 aliphatic heterocycles. The number of rotatable bonds is 4. The number of phenols is 1. The molecule has 0 saturated carbocycles. The SMILES string of the molecule is CC(c1ccc(C(C)(C)C)cc1)c1cccc(C=Nc2c(F)c(F)c(F)c(F)c2F)c1O.[Cl-].[Cl-].[Ti+3]. The van der Waals surface area contributed by atoms with Crippen LogP contribution in [-0.2, 0) is 27.1 Å². The van der Waals surface area contributed by atoms with Gasteiger partial charge in [-0.2, -0.15) is 0 Å². The Kier molecular flexibility index (Phi) is 12.2. The first-order valence-corrected chi connectivity index (χ1v) is 9.91. The predicted octanol–water partition coefficient (Wildman–Crippen LogP) is 1.29. The average molecular weight is 566 g/mol. The van der Waals surface area contributed by atoms with E-state index in [0.29, 0.717) is 5.56 Å². The molecule has 0 bridgehead atoms. The van der Waals surface area contributed by atoms with Crippen molar-refractivity contribution in [3.63, 3.8) is 0 Å². The largest absolute Gasteiger partial charge is 3.00 e. The summed E-state index contributed by atoms with van der Waals surface area (Å²) in [5, 5.41) is 10.7. The van der Waals surface area contributed by atoms with Crippen LogP contribution in [0.3, 0.4) is 0 Å². The van der Waals surface area contributed by atoms with Crippen molar-refractivity contribution < 1.29 is 73.6 Å². The van der Waals surface area contributed by atoms with Gasteiger partial charge in [0.25, 0.3) is 0 Å². The van der Waals surface area contributed by atoms with Crippen LogP contribution in [0.15, 0.2) is 47.5 Å². The second-order valence-corrected chi connectivity index (χ2v) is 8.56. The molecule has 3 aromatic rings. The van der Waals surface area contributed by atoms with Gasteiger partial charge in [-0.15, -0.1) is 0 Å². The fourth-order valence-corrected chi connectivity index (χ4v) is 3.33. The van der Waals surface area contributed by atoms with Crippen molar-refractivity contribution in [2.45, 2.75) is 39.0 Å². The number of benzene rings is 3. The van der Waals surface area contributed by atoms with Crippen LogP contribution in [0.4, 0.5) is 27.6 Å². The van der Waals surface area contributed by atoms with Crippen LogP contribution in [0.25, 0.3) is 0 Å². The predicted molar refractivity (Wildman–Crippen MR) is 114 cm³/mol. The minimum Gasteiger partial charge on any atom is -1.00 e. The summed E-state index contributed by atoms with van der Waals surface area (Å²) < 4.78 is 67.7. The van der Waals surface area contributed by atoms with Gasteiger partial charge in [-0.1, -0.05) is 64.1 Å². The molecule has 0 fully saturated rings. The van der Waals surface area contributed by atoms with Crippen molar-refractivity contribution in [1.29, 1.82) is 0 Å². The van der Waals surface area contributed by atoms with Crippen LogP contribution in [0.1, 0.15) is 55.9 Å². The van der Waals surface area contributed by atoms with Gasteiger partial charge in [0.2, 0.25) is 5.82 Å². The van der Waals surface area contributed by atoms with Gasteiger partial charge >= 0.3 is 21.7 Å². The summed E-state index contributed by atoms with van der Waals surface area (Å²) >= 11 is 0. The molecule has 35 heavy (non-hydrogen) atoms. The number of hydrogen-bond donors (Lipinski definition) is 1. The fraction of sp³-hybridized carbons (Fsp3) is 0.240. The molecule has 0 aromatic heterocycles. The van der Waals surface area contributed by atoms with Crippen LogP contribution in [0.5, 0.6) is 5.75 Å². The average Bonchev–Trinajstić information content (AvgIpc) is 2.76. The third-order valence-electron chi connectivity index (χ3n) is 5.36. The first-order chi connectivity index (χ1) is 14.9. The van der Waals surface area contributed by atoms with Crippen molar-refractivity contribution in [3.8, 4) is 5.75 Å². The maximum Gasteiger partial charge on any atom is 3.00 e. The summed E-state index contributed by atoms with van der Waals surface area (Å²) in [6, 6.07) is 12.7. The topological polar surface area (TPSA) is 32.6 Å². The van der Waals surface area contributed by atoms with E-state index in [0.717, 1.165) is 17.3 Å². The van der Waals surface area contributed by atoms with Crippen LogP contribution in [0.2, 0.25) is 0 Å². The molecule has 1 radical (unpaired) electrons. The summed E-state index contributed by atoms with van der Waals surface area (Å²) in [5.74, 6) is -10.9. The van der Waals surface area contributed by atoms with Gasteiger partial charge in [-0.05, 0) is 22.6 Å². The van der Waals surface area contributed by atoms with Gasteiger partial charge in [-0.25, -0.2) is 26.9 Å². The van der Waals surface area contributed by atoms with Crippen molar-refractivity contribution in [1.82, 2.24) is 0 Å². The van der Waals surface area contributed by atoms with Crippen molar-refractivity contribution in [2.24, 2.45) is 4.99 Å². The summed E-state index contributed by atoms with van der Waals surface area (Å²) in [5.41, 5.74) is 1.35. The number of aliphatic imine (C=N–C) groups is 1. The quantitative estimate of drug-likeness (QED) is 0.167. The third kappa shape index (κ3) is 6.85. The summed E-state index contributed by atoms with van der Waals surface area (Å²) in [6.07, 6.45) is 0.868. The number of phenolic OH excluding ortho intramolecular Hbond substituents is 1. The molecular formula is C25H22Cl2F5NOTi+. The fourth-order valence-electron chi connectivity index (χ4n) is 3.33. The second kappa shape index (κ2) is 12.9. The Labute approximate surface area is 228 Å². The molecule has 3 rings (SSSR count). The third-order valence-corrected chi connectivity index (χ3v) is 5.36. The minimum absolute atomic E-state index is 0. The maximum absolute atomic E-state index is 13.9. The van der Waals surface area contributed by atoms with E-state index in [1.807, 2.05) is 31.2 Å². The van der Waals surface area contributed by atoms with Crippen LogP contribution in [0, 0.1) is 29.1 Å². The van der Waals surface area contributed by atoms with E-state index in [2.05, 4.69) is 25.8 Å². The Morgan fingerprint density at radius 2 is 1.29 bits per heavy atom. The molecule has 0 aliphatic rings. The van der Waals surface area contributed by atoms with Gasteiger partial charge < -0.3 is 29.9 Å². The van der Waals surface area contributed by atoms with Crippen LogP contribution >= 0.6 is 0 Å². The number of hydrogen-bond acceptors (Lipinski definition) is 2.